The van der Waals surface area contributed by atoms with Gasteiger partial charge in [0.05, 0.1) is 6.54 Å². The number of hydrogen-bond donors (Lipinski definition) is 1. The van der Waals surface area contributed by atoms with E-state index in [9.17, 15) is 9.18 Å². The maximum Gasteiger partial charge on any atom is 0.240 e. The van der Waals surface area contributed by atoms with Crippen molar-refractivity contribution < 1.29 is 9.18 Å². The van der Waals surface area contributed by atoms with Crippen LogP contribution in [0.3, 0.4) is 0 Å². The Morgan fingerprint density at radius 2 is 1.87 bits per heavy atom. The van der Waals surface area contributed by atoms with Crippen molar-refractivity contribution >= 4 is 22.4 Å². The minimum atomic E-state index is -0.204. The molecule has 23 heavy (non-hydrogen) atoms. The Bertz CT molecular complexity index is 624. The molecule has 0 unspecified atom stereocenters. The second-order valence-corrected chi connectivity index (χ2v) is 6.46. The summed E-state index contributed by atoms with van der Waals surface area (Å²) in [7, 11) is 0. The van der Waals surface area contributed by atoms with E-state index in [1.54, 1.807) is 6.20 Å². The number of piperazine rings is 1. The Morgan fingerprint density at radius 1 is 1.17 bits per heavy atom. The highest BCUT2D eigenvalue weighted by Crippen LogP contribution is 2.12. The molecule has 1 amide bonds. The van der Waals surface area contributed by atoms with Crippen LogP contribution in [0.5, 0.6) is 0 Å². The number of anilines is 1. The number of carbonyl (C=O) groups is 1. The number of rotatable bonds is 5. The molecule has 0 aliphatic carbocycles. The second kappa shape index (κ2) is 7.63. The van der Waals surface area contributed by atoms with E-state index < -0.39 is 0 Å². The van der Waals surface area contributed by atoms with Gasteiger partial charge in [0.2, 0.25) is 5.91 Å². The van der Waals surface area contributed by atoms with Crippen molar-refractivity contribution in [2.45, 2.75) is 6.54 Å². The van der Waals surface area contributed by atoms with Crippen molar-refractivity contribution in [3.63, 3.8) is 0 Å². The van der Waals surface area contributed by atoms with E-state index in [2.05, 4.69) is 20.1 Å². The molecule has 2 heterocycles. The summed E-state index contributed by atoms with van der Waals surface area (Å²) < 4.78 is 12.9. The molecule has 0 spiro atoms. The molecule has 1 aliphatic heterocycles. The number of nitrogens with one attached hydrogen (secondary N) is 1. The number of amides is 1. The van der Waals surface area contributed by atoms with Crippen molar-refractivity contribution in [2.75, 3.05) is 38.0 Å². The van der Waals surface area contributed by atoms with E-state index in [1.165, 1.54) is 23.5 Å². The molecular formula is C16H19FN4OS. The highest BCUT2D eigenvalue weighted by atomic mass is 32.1. The lowest BCUT2D eigenvalue weighted by Crippen LogP contribution is -2.48. The molecule has 1 aromatic carbocycles. The zero-order valence-electron chi connectivity index (χ0n) is 12.7. The van der Waals surface area contributed by atoms with Crippen LogP contribution in [0, 0.1) is 5.82 Å². The van der Waals surface area contributed by atoms with Crippen LogP contribution in [0.15, 0.2) is 35.8 Å². The number of aromatic nitrogens is 1. The van der Waals surface area contributed by atoms with Gasteiger partial charge in [-0.15, -0.1) is 11.3 Å². The molecule has 2 aromatic rings. The normalized spacial score (nSPS) is 16.4. The molecular weight excluding hydrogens is 315 g/mol. The fraction of sp³-hybridized carbons (Fsp3) is 0.375. The molecule has 7 heteroatoms. The summed E-state index contributed by atoms with van der Waals surface area (Å²) in [6.45, 7) is 4.73. The summed E-state index contributed by atoms with van der Waals surface area (Å²) in [4.78, 5) is 20.5. The Hall–Kier alpha value is -1.83. The van der Waals surface area contributed by atoms with Gasteiger partial charge in [-0.25, -0.2) is 9.37 Å². The lowest BCUT2D eigenvalue weighted by Gasteiger charge is -2.34. The highest BCUT2D eigenvalue weighted by molar-refractivity contribution is 7.13. The molecule has 1 fully saturated rings. The number of halogens is 1. The first kappa shape index (κ1) is 16.0. The first-order chi connectivity index (χ1) is 11.2. The number of hydrogen-bond acceptors (Lipinski definition) is 5. The van der Waals surface area contributed by atoms with Crippen molar-refractivity contribution in [3.05, 3.63) is 47.2 Å². The van der Waals surface area contributed by atoms with Crippen molar-refractivity contribution in [1.29, 1.82) is 0 Å². The van der Waals surface area contributed by atoms with E-state index in [-0.39, 0.29) is 11.7 Å². The first-order valence-corrected chi connectivity index (χ1v) is 8.45. The molecule has 0 atom stereocenters. The molecule has 0 bridgehead atoms. The fourth-order valence-electron chi connectivity index (χ4n) is 2.60. The topological polar surface area (TPSA) is 48.5 Å². The van der Waals surface area contributed by atoms with Gasteiger partial charge in [0.1, 0.15) is 5.82 Å². The van der Waals surface area contributed by atoms with Gasteiger partial charge in [-0.1, -0.05) is 12.1 Å². The number of thiazole rings is 1. The summed E-state index contributed by atoms with van der Waals surface area (Å²) in [5.74, 6) is -0.225. The summed E-state index contributed by atoms with van der Waals surface area (Å²) in [5, 5.41) is 5.28. The molecule has 1 saturated heterocycles. The summed E-state index contributed by atoms with van der Waals surface area (Å²) in [6, 6.07) is 6.63. The van der Waals surface area contributed by atoms with Gasteiger partial charge in [-0.2, -0.15) is 0 Å². The SMILES string of the molecule is O=C(CN1CCN(Cc2ccc(F)cc2)CC1)Nc1nccs1. The van der Waals surface area contributed by atoms with Crippen LogP contribution >= 0.6 is 11.3 Å². The van der Waals surface area contributed by atoms with E-state index in [0.717, 1.165) is 38.3 Å². The molecule has 0 saturated carbocycles. The van der Waals surface area contributed by atoms with Gasteiger partial charge in [0.15, 0.2) is 5.13 Å². The van der Waals surface area contributed by atoms with Crippen LogP contribution in [-0.2, 0) is 11.3 Å². The van der Waals surface area contributed by atoms with E-state index >= 15 is 0 Å². The monoisotopic (exact) mass is 334 g/mol. The lowest BCUT2D eigenvalue weighted by atomic mass is 10.2. The molecule has 1 aromatic heterocycles. The third-order valence-corrected chi connectivity index (χ3v) is 4.52. The Balaban J connectivity index is 1.41. The van der Waals surface area contributed by atoms with Gasteiger partial charge in [0, 0.05) is 44.3 Å². The average Bonchev–Trinajstić information content (AvgIpc) is 3.04. The van der Waals surface area contributed by atoms with Gasteiger partial charge in [0.25, 0.3) is 0 Å². The summed E-state index contributed by atoms with van der Waals surface area (Å²) >= 11 is 1.42. The molecule has 122 valence electrons. The van der Waals surface area contributed by atoms with Crippen LogP contribution in [-0.4, -0.2) is 53.4 Å². The summed E-state index contributed by atoms with van der Waals surface area (Å²) in [5.41, 5.74) is 1.11. The zero-order chi connectivity index (χ0) is 16.1. The lowest BCUT2D eigenvalue weighted by molar-refractivity contribution is -0.117. The van der Waals surface area contributed by atoms with Crippen LogP contribution in [0.2, 0.25) is 0 Å². The largest absolute Gasteiger partial charge is 0.301 e. The standard InChI is InChI=1S/C16H19FN4OS/c17-14-3-1-13(2-4-14)11-20-6-8-21(9-7-20)12-15(22)19-16-18-5-10-23-16/h1-5,10H,6-9,11-12H2,(H,18,19,22). The first-order valence-electron chi connectivity index (χ1n) is 7.57. The quantitative estimate of drug-likeness (QED) is 0.909. The summed E-state index contributed by atoms with van der Waals surface area (Å²) in [6.07, 6.45) is 1.68. The van der Waals surface area contributed by atoms with Crippen LogP contribution in [0.1, 0.15) is 5.56 Å². The van der Waals surface area contributed by atoms with Gasteiger partial charge in [-0.3, -0.25) is 14.6 Å². The number of nitrogens with zero attached hydrogens (tertiary/aromatic N) is 3. The molecule has 1 N–H and O–H groups in total. The van der Waals surface area contributed by atoms with Crippen LogP contribution in [0.25, 0.3) is 0 Å². The maximum atomic E-state index is 12.9. The third kappa shape index (κ3) is 4.82. The predicted octanol–water partition coefficient (Wildman–Crippen LogP) is 2.04. The molecule has 3 rings (SSSR count). The Kier molecular flexibility index (Phi) is 5.32. The predicted molar refractivity (Wildman–Crippen MR) is 88.9 cm³/mol. The van der Waals surface area contributed by atoms with Crippen molar-refractivity contribution in [2.24, 2.45) is 0 Å². The van der Waals surface area contributed by atoms with E-state index in [1.807, 2.05) is 17.5 Å². The van der Waals surface area contributed by atoms with Crippen molar-refractivity contribution in [1.82, 2.24) is 14.8 Å². The molecule has 0 radical (unpaired) electrons. The number of carbonyl (C=O) groups excluding carboxylic acids is 1. The van der Waals surface area contributed by atoms with E-state index in [4.69, 9.17) is 0 Å². The fourth-order valence-corrected chi connectivity index (χ4v) is 3.15. The van der Waals surface area contributed by atoms with Crippen molar-refractivity contribution in [3.8, 4) is 0 Å². The van der Waals surface area contributed by atoms with E-state index in [0.29, 0.717) is 11.7 Å². The third-order valence-electron chi connectivity index (χ3n) is 3.83. The van der Waals surface area contributed by atoms with Crippen LogP contribution < -0.4 is 5.32 Å². The van der Waals surface area contributed by atoms with Gasteiger partial charge < -0.3 is 5.32 Å². The number of benzene rings is 1. The zero-order valence-corrected chi connectivity index (χ0v) is 13.6. The molecule has 5 nitrogen and oxygen atoms in total. The van der Waals surface area contributed by atoms with Gasteiger partial charge >= 0.3 is 0 Å². The Labute approximate surface area is 138 Å². The smallest absolute Gasteiger partial charge is 0.240 e. The Morgan fingerprint density at radius 3 is 2.52 bits per heavy atom. The average molecular weight is 334 g/mol. The minimum Gasteiger partial charge on any atom is -0.301 e. The van der Waals surface area contributed by atoms with Crippen LogP contribution in [0.4, 0.5) is 9.52 Å². The second-order valence-electron chi connectivity index (χ2n) is 5.56. The highest BCUT2D eigenvalue weighted by Gasteiger charge is 2.19. The minimum absolute atomic E-state index is 0.0214. The molecule has 1 aliphatic rings. The van der Waals surface area contributed by atoms with Gasteiger partial charge in [-0.05, 0) is 17.7 Å². The maximum absolute atomic E-state index is 12.9.